The van der Waals surface area contributed by atoms with Crippen molar-refractivity contribution in [2.45, 2.75) is 26.5 Å². The Labute approximate surface area is 158 Å². The van der Waals surface area contributed by atoms with Gasteiger partial charge in [-0.3, -0.25) is 0 Å². The SMILES string of the molecule is CCc1ccccc1NCc1ccc(OCc2ccc(F)cc2)c(Cl)c1. The highest BCUT2D eigenvalue weighted by Gasteiger charge is 2.05. The van der Waals surface area contributed by atoms with Crippen molar-refractivity contribution >= 4 is 17.3 Å². The Bertz CT molecular complexity index is 864. The van der Waals surface area contributed by atoms with Gasteiger partial charge in [-0.2, -0.15) is 0 Å². The predicted molar refractivity (Wildman–Crippen MR) is 105 cm³/mol. The Kier molecular flexibility index (Phi) is 6.13. The molecule has 0 amide bonds. The molecule has 26 heavy (non-hydrogen) atoms. The zero-order valence-electron chi connectivity index (χ0n) is 14.6. The van der Waals surface area contributed by atoms with Crippen molar-refractivity contribution in [3.8, 4) is 5.75 Å². The van der Waals surface area contributed by atoms with Crippen molar-refractivity contribution in [3.63, 3.8) is 0 Å². The van der Waals surface area contributed by atoms with E-state index in [2.05, 4.69) is 24.4 Å². The van der Waals surface area contributed by atoms with Gasteiger partial charge < -0.3 is 10.1 Å². The van der Waals surface area contributed by atoms with Gasteiger partial charge in [0.15, 0.2) is 0 Å². The molecule has 0 aliphatic carbocycles. The fraction of sp³-hybridized carbons (Fsp3) is 0.182. The van der Waals surface area contributed by atoms with Gasteiger partial charge in [-0.25, -0.2) is 4.39 Å². The third-order valence-electron chi connectivity index (χ3n) is 4.19. The second-order valence-electron chi connectivity index (χ2n) is 6.04. The van der Waals surface area contributed by atoms with E-state index in [0.717, 1.165) is 23.2 Å². The lowest BCUT2D eigenvalue weighted by Gasteiger charge is -2.13. The number of para-hydroxylation sites is 1. The third-order valence-corrected chi connectivity index (χ3v) is 4.48. The maximum atomic E-state index is 12.9. The number of hydrogen-bond donors (Lipinski definition) is 1. The lowest BCUT2D eigenvalue weighted by Crippen LogP contribution is -2.02. The molecule has 0 heterocycles. The first-order chi connectivity index (χ1) is 12.7. The monoisotopic (exact) mass is 369 g/mol. The quantitative estimate of drug-likeness (QED) is 0.532. The van der Waals surface area contributed by atoms with Gasteiger partial charge in [0, 0.05) is 12.2 Å². The van der Waals surface area contributed by atoms with Gasteiger partial charge in [-0.1, -0.05) is 54.9 Å². The van der Waals surface area contributed by atoms with Gasteiger partial charge in [0.2, 0.25) is 0 Å². The Morgan fingerprint density at radius 3 is 2.42 bits per heavy atom. The van der Waals surface area contributed by atoms with E-state index >= 15 is 0 Å². The van der Waals surface area contributed by atoms with Crippen LogP contribution in [0.4, 0.5) is 10.1 Å². The molecule has 0 aliphatic heterocycles. The van der Waals surface area contributed by atoms with Crippen LogP contribution in [0.5, 0.6) is 5.75 Å². The summed E-state index contributed by atoms with van der Waals surface area (Å²) in [4.78, 5) is 0. The lowest BCUT2D eigenvalue weighted by atomic mass is 10.1. The second-order valence-corrected chi connectivity index (χ2v) is 6.45. The number of aryl methyl sites for hydroxylation is 1. The van der Waals surface area contributed by atoms with E-state index in [-0.39, 0.29) is 5.82 Å². The van der Waals surface area contributed by atoms with Gasteiger partial charge in [-0.05, 0) is 53.4 Å². The highest BCUT2D eigenvalue weighted by molar-refractivity contribution is 6.32. The molecule has 3 rings (SSSR count). The number of rotatable bonds is 7. The van der Waals surface area contributed by atoms with Crippen molar-refractivity contribution in [1.29, 1.82) is 0 Å². The molecule has 3 aromatic carbocycles. The van der Waals surface area contributed by atoms with Gasteiger partial charge in [0.25, 0.3) is 0 Å². The largest absolute Gasteiger partial charge is 0.487 e. The molecule has 1 N–H and O–H groups in total. The molecule has 3 aromatic rings. The highest BCUT2D eigenvalue weighted by atomic mass is 35.5. The fourth-order valence-corrected chi connectivity index (χ4v) is 2.97. The van der Waals surface area contributed by atoms with E-state index in [1.807, 2.05) is 30.3 Å². The minimum absolute atomic E-state index is 0.256. The Balaban J connectivity index is 1.61. The molecule has 134 valence electrons. The zero-order valence-corrected chi connectivity index (χ0v) is 15.4. The van der Waals surface area contributed by atoms with Crippen LogP contribution in [-0.4, -0.2) is 0 Å². The molecule has 0 aliphatic rings. The summed E-state index contributed by atoms with van der Waals surface area (Å²) in [5.41, 5.74) is 4.40. The number of hydrogen-bond acceptors (Lipinski definition) is 2. The Hall–Kier alpha value is -2.52. The van der Waals surface area contributed by atoms with Crippen LogP contribution in [0.1, 0.15) is 23.6 Å². The number of ether oxygens (including phenoxy) is 1. The van der Waals surface area contributed by atoms with Crippen LogP contribution in [0.3, 0.4) is 0 Å². The van der Waals surface area contributed by atoms with E-state index in [0.29, 0.717) is 23.9 Å². The summed E-state index contributed by atoms with van der Waals surface area (Å²) in [6.45, 7) is 3.18. The normalized spacial score (nSPS) is 10.6. The summed E-state index contributed by atoms with van der Waals surface area (Å²) < 4.78 is 18.7. The average molecular weight is 370 g/mol. The molecule has 0 aromatic heterocycles. The van der Waals surface area contributed by atoms with Crippen LogP contribution in [0.15, 0.2) is 66.7 Å². The molecule has 0 unspecified atom stereocenters. The molecule has 0 spiro atoms. The average Bonchev–Trinajstić information content (AvgIpc) is 2.67. The van der Waals surface area contributed by atoms with Crippen molar-refractivity contribution in [2.24, 2.45) is 0 Å². The Morgan fingerprint density at radius 2 is 1.69 bits per heavy atom. The fourth-order valence-electron chi connectivity index (χ4n) is 2.71. The minimum Gasteiger partial charge on any atom is -0.487 e. The van der Waals surface area contributed by atoms with Crippen LogP contribution in [0.25, 0.3) is 0 Å². The minimum atomic E-state index is -0.256. The molecule has 0 radical (unpaired) electrons. The van der Waals surface area contributed by atoms with E-state index in [1.54, 1.807) is 12.1 Å². The van der Waals surface area contributed by atoms with E-state index in [1.165, 1.54) is 17.7 Å². The third kappa shape index (κ3) is 4.77. The first-order valence-electron chi connectivity index (χ1n) is 8.63. The van der Waals surface area contributed by atoms with Crippen LogP contribution >= 0.6 is 11.6 Å². The topological polar surface area (TPSA) is 21.3 Å². The van der Waals surface area contributed by atoms with Gasteiger partial charge in [-0.15, -0.1) is 0 Å². The molecule has 0 saturated carbocycles. The van der Waals surface area contributed by atoms with Gasteiger partial charge >= 0.3 is 0 Å². The first kappa shape index (κ1) is 18.3. The van der Waals surface area contributed by atoms with Gasteiger partial charge in [0.1, 0.15) is 18.2 Å². The summed E-state index contributed by atoms with van der Waals surface area (Å²) in [6, 6.07) is 20.3. The summed E-state index contributed by atoms with van der Waals surface area (Å²) in [7, 11) is 0. The smallest absolute Gasteiger partial charge is 0.138 e. The summed E-state index contributed by atoms with van der Waals surface area (Å²) >= 11 is 6.35. The summed E-state index contributed by atoms with van der Waals surface area (Å²) in [6.07, 6.45) is 0.986. The van der Waals surface area contributed by atoms with E-state index in [4.69, 9.17) is 16.3 Å². The van der Waals surface area contributed by atoms with Crippen LogP contribution in [0, 0.1) is 5.82 Å². The van der Waals surface area contributed by atoms with E-state index < -0.39 is 0 Å². The van der Waals surface area contributed by atoms with Crippen LogP contribution in [-0.2, 0) is 19.6 Å². The zero-order chi connectivity index (χ0) is 18.4. The Morgan fingerprint density at radius 1 is 0.962 bits per heavy atom. The second kappa shape index (κ2) is 8.72. The van der Waals surface area contributed by atoms with Gasteiger partial charge in [0.05, 0.1) is 5.02 Å². The number of halogens is 2. The van der Waals surface area contributed by atoms with Crippen molar-refractivity contribution in [2.75, 3.05) is 5.32 Å². The summed E-state index contributed by atoms with van der Waals surface area (Å²) in [5.74, 6) is 0.363. The first-order valence-corrected chi connectivity index (χ1v) is 9.01. The predicted octanol–water partition coefficient (Wildman–Crippen LogP) is 6.23. The van der Waals surface area contributed by atoms with Crippen LogP contribution in [0.2, 0.25) is 5.02 Å². The molecular weight excluding hydrogens is 349 g/mol. The number of anilines is 1. The molecule has 0 fully saturated rings. The highest BCUT2D eigenvalue weighted by Crippen LogP contribution is 2.27. The maximum absolute atomic E-state index is 12.9. The van der Waals surface area contributed by atoms with Crippen molar-refractivity contribution < 1.29 is 9.13 Å². The lowest BCUT2D eigenvalue weighted by molar-refractivity contribution is 0.306. The number of benzene rings is 3. The molecule has 0 atom stereocenters. The maximum Gasteiger partial charge on any atom is 0.138 e. The molecule has 2 nitrogen and oxygen atoms in total. The molecule has 4 heteroatoms. The van der Waals surface area contributed by atoms with Crippen molar-refractivity contribution in [3.05, 3.63) is 94.3 Å². The molecule has 0 bridgehead atoms. The standard InChI is InChI=1S/C22H21ClFNO/c1-2-18-5-3-4-6-21(18)25-14-17-9-12-22(20(23)13-17)26-15-16-7-10-19(24)11-8-16/h3-13,25H,2,14-15H2,1H3. The van der Waals surface area contributed by atoms with Crippen LogP contribution < -0.4 is 10.1 Å². The van der Waals surface area contributed by atoms with Crippen molar-refractivity contribution in [1.82, 2.24) is 0 Å². The van der Waals surface area contributed by atoms with E-state index in [9.17, 15) is 4.39 Å². The summed E-state index contributed by atoms with van der Waals surface area (Å²) in [5, 5.41) is 4.02. The molecule has 0 saturated heterocycles. The molecular formula is C22H21ClFNO. The number of nitrogens with one attached hydrogen (secondary N) is 1.